The van der Waals surface area contributed by atoms with Crippen molar-refractivity contribution in [2.75, 3.05) is 33.4 Å². The van der Waals surface area contributed by atoms with Crippen molar-refractivity contribution in [3.05, 3.63) is 0 Å². The SMILES string of the molecule is CCNC(COC)C(C)(C)N1CCCC1. The van der Waals surface area contributed by atoms with Gasteiger partial charge in [-0.25, -0.2) is 0 Å². The van der Waals surface area contributed by atoms with E-state index < -0.39 is 0 Å². The number of methoxy groups -OCH3 is 1. The van der Waals surface area contributed by atoms with Crippen molar-refractivity contribution in [2.45, 2.75) is 45.2 Å². The fraction of sp³-hybridized carbons (Fsp3) is 1.00. The number of likely N-dealkylation sites (N-methyl/N-ethyl adjacent to an activating group) is 1. The lowest BCUT2D eigenvalue weighted by Crippen LogP contribution is -2.58. The van der Waals surface area contributed by atoms with Crippen LogP contribution in [0.1, 0.15) is 33.6 Å². The number of nitrogens with zero attached hydrogens (tertiary/aromatic N) is 1. The Kier molecular flexibility index (Phi) is 5.03. The highest BCUT2D eigenvalue weighted by Crippen LogP contribution is 2.24. The molecule has 3 nitrogen and oxygen atoms in total. The molecule has 0 aromatic rings. The molecule has 1 heterocycles. The minimum atomic E-state index is 0.197. The molecule has 1 fully saturated rings. The van der Waals surface area contributed by atoms with Gasteiger partial charge in [0, 0.05) is 18.7 Å². The zero-order chi connectivity index (χ0) is 11.3. The van der Waals surface area contributed by atoms with Crippen LogP contribution >= 0.6 is 0 Å². The molecule has 1 aliphatic rings. The van der Waals surface area contributed by atoms with Gasteiger partial charge in [-0.05, 0) is 46.3 Å². The van der Waals surface area contributed by atoms with Crippen LogP contribution in [0.25, 0.3) is 0 Å². The molecule has 1 rings (SSSR count). The second-order valence-electron chi connectivity index (χ2n) is 4.91. The molecule has 0 aliphatic carbocycles. The summed E-state index contributed by atoms with van der Waals surface area (Å²) < 4.78 is 5.31. The second kappa shape index (κ2) is 5.83. The van der Waals surface area contributed by atoms with Gasteiger partial charge in [0.25, 0.3) is 0 Å². The summed E-state index contributed by atoms with van der Waals surface area (Å²) in [6.45, 7) is 11.1. The molecule has 1 unspecified atom stereocenters. The van der Waals surface area contributed by atoms with Crippen molar-refractivity contribution in [1.29, 1.82) is 0 Å². The Morgan fingerprint density at radius 2 is 1.93 bits per heavy atom. The highest BCUT2D eigenvalue weighted by molar-refractivity contribution is 4.95. The highest BCUT2D eigenvalue weighted by Gasteiger charge is 2.36. The van der Waals surface area contributed by atoms with Gasteiger partial charge < -0.3 is 10.1 Å². The third kappa shape index (κ3) is 3.16. The van der Waals surface area contributed by atoms with Gasteiger partial charge in [-0.2, -0.15) is 0 Å². The molecule has 0 bridgehead atoms. The van der Waals surface area contributed by atoms with E-state index in [-0.39, 0.29) is 5.54 Å². The summed E-state index contributed by atoms with van der Waals surface area (Å²) in [7, 11) is 1.78. The second-order valence-corrected chi connectivity index (χ2v) is 4.91. The van der Waals surface area contributed by atoms with Crippen LogP contribution in [-0.4, -0.2) is 49.8 Å². The van der Waals surface area contributed by atoms with Crippen molar-refractivity contribution in [2.24, 2.45) is 0 Å². The van der Waals surface area contributed by atoms with Crippen molar-refractivity contribution >= 4 is 0 Å². The Hall–Kier alpha value is -0.120. The van der Waals surface area contributed by atoms with Crippen LogP contribution in [-0.2, 0) is 4.74 Å². The largest absolute Gasteiger partial charge is 0.383 e. The van der Waals surface area contributed by atoms with E-state index >= 15 is 0 Å². The van der Waals surface area contributed by atoms with Gasteiger partial charge in [0.15, 0.2) is 0 Å². The van der Waals surface area contributed by atoms with E-state index in [1.54, 1.807) is 7.11 Å². The topological polar surface area (TPSA) is 24.5 Å². The van der Waals surface area contributed by atoms with Crippen LogP contribution in [0.3, 0.4) is 0 Å². The Labute approximate surface area is 94.2 Å². The fourth-order valence-electron chi connectivity index (χ4n) is 2.44. The van der Waals surface area contributed by atoms with Gasteiger partial charge in [-0.1, -0.05) is 6.92 Å². The van der Waals surface area contributed by atoms with Crippen molar-refractivity contribution in [3.8, 4) is 0 Å². The molecule has 0 amide bonds. The van der Waals surface area contributed by atoms with E-state index in [0.717, 1.165) is 13.2 Å². The first-order chi connectivity index (χ1) is 7.12. The lowest BCUT2D eigenvalue weighted by atomic mass is 9.93. The summed E-state index contributed by atoms with van der Waals surface area (Å²) in [5, 5.41) is 3.53. The maximum Gasteiger partial charge on any atom is 0.0633 e. The third-order valence-corrected chi connectivity index (χ3v) is 3.56. The maximum absolute atomic E-state index is 5.31. The first-order valence-corrected chi connectivity index (χ1v) is 6.10. The van der Waals surface area contributed by atoms with Crippen LogP contribution in [0.5, 0.6) is 0 Å². The smallest absolute Gasteiger partial charge is 0.0633 e. The zero-order valence-corrected chi connectivity index (χ0v) is 10.7. The first-order valence-electron chi connectivity index (χ1n) is 6.10. The number of rotatable bonds is 6. The third-order valence-electron chi connectivity index (χ3n) is 3.56. The van der Waals surface area contributed by atoms with E-state index in [1.807, 2.05) is 0 Å². The lowest BCUT2D eigenvalue weighted by Gasteiger charge is -2.42. The molecule has 0 aromatic carbocycles. The quantitative estimate of drug-likeness (QED) is 0.725. The summed E-state index contributed by atoms with van der Waals surface area (Å²) in [5.41, 5.74) is 0.197. The molecule has 15 heavy (non-hydrogen) atoms. The molecule has 90 valence electrons. The van der Waals surface area contributed by atoms with Gasteiger partial charge in [0.1, 0.15) is 0 Å². The maximum atomic E-state index is 5.31. The summed E-state index contributed by atoms with van der Waals surface area (Å²) in [4.78, 5) is 2.58. The Balaban J connectivity index is 2.60. The molecule has 0 aromatic heterocycles. The van der Waals surface area contributed by atoms with Gasteiger partial charge in [-0.15, -0.1) is 0 Å². The van der Waals surface area contributed by atoms with Crippen molar-refractivity contribution in [1.82, 2.24) is 10.2 Å². The normalized spacial score (nSPS) is 20.8. The van der Waals surface area contributed by atoms with Gasteiger partial charge in [0.05, 0.1) is 6.61 Å². The van der Waals surface area contributed by atoms with E-state index in [0.29, 0.717) is 6.04 Å². The van der Waals surface area contributed by atoms with Crippen LogP contribution in [0.2, 0.25) is 0 Å². The number of hydrogen-bond acceptors (Lipinski definition) is 3. The molecular formula is C12H26N2O. The fourth-order valence-corrected chi connectivity index (χ4v) is 2.44. The first kappa shape index (κ1) is 12.9. The number of nitrogens with one attached hydrogen (secondary N) is 1. The highest BCUT2D eigenvalue weighted by atomic mass is 16.5. The minimum Gasteiger partial charge on any atom is -0.383 e. The molecule has 0 saturated carbocycles. The number of hydrogen-bond donors (Lipinski definition) is 1. The molecular weight excluding hydrogens is 188 g/mol. The number of likely N-dealkylation sites (tertiary alicyclic amines) is 1. The lowest BCUT2D eigenvalue weighted by molar-refractivity contribution is 0.0563. The molecule has 1 atom stereocenters. The predicted molar refractivity (Wildman–Crippen MR) is 64.2 cm³/mol. The van der Waals surface area contributed by atoms with Gasteiger partial charge >= 0.3 is 0 Å². The Bertz CT molecular complexity index is 170. The van der Waals surface area contributed by atoms with Crippen LogP contribution in [0.4, 0.5) is 0 Å². The molecule has 1 saturated heterocycles. The van der Waals surface area contributed by atoms with Crippen molar-refractivity contribution < 1.29 is 4.74 Å². The van der Waals surface area contributed by atoms with Crippen molar-refractivity contribution in [3.63, 3.8) is 0 Å². The summed E-state index contributed by atoms with van der Waals surface area (Å²) in [6, 6.07) is 0.422. The predicted octanol–water partition coefficient (Wildman–Crippen LogP) is 1.49. The summed E-state index contributed by atoms with van der Waals surface area (Å²) in [6.07, 6.45) is 2.69. The van der Waals surface area contributed by atoms with E-state index in [9.17, 15) is 0 Å². The Morgan fingerprint density at radius 3 is 2.40 bits per heavy atom. The van der Waals surface area contributed by atoms with E-state index in [4.69, 9.17) is 4.74 Å². The molecule has 0 spiro atoms. The average Bonchev–Trinajstić information content (AvgIpc) is 2.70. The molecule has 0 radical (unpaired) electrons. The van der Waals surface area contributed by atoms with Crippen LogP contribution < -0.4 is 5.32 Å². The molecule has 3 heteroatoms. The Morgan fingerprint density at radius 1 is 1.33 bits per heavy atom. The monoisotopic (exact) mass is 214 g/mol. The van der Waals surface area contributed by atoms with E-state index in [2.05, 4.69) is 31.0 Å². The zero-order valence-electron chi connectivity index (χ0n) is 10.7. The summed E-state index contributed by atoms with van der Waals surface area (Å²) >= 11 is 0. The van der Waals surface area contributed by atoms with Gasteiger partial charge in [0.2, 0.25) is 0 Å². The minimum absolute atomic E-state index is 0.197. The van der Waals surface area contributed by atoms with E-state index in [1.165, 1.54) is 25.9 Å². The number of ether oxygens (including phenoxy) is 1. The molecule has 1 aliphatic heterocycles. The standard InChI is InChI=1S/C12H26N2O/c1-5-13-11(10-15-4)12(2,3)14-8-6-7-9-14/h11,13H,5-10H2,1-4H3. The average molecular weight is 214 g/mol. The molecule has 1 N–H and O–H groups in total. The van der Waals surface area contributed by atoms with Crippen LogP contribution in [0, 0.1) is 0 Å². The van der Waals surface area contributed by atoms with Gasteiger partial charge in [-0.3, -0.25) is 4.90 Å². The summed E-state index contributed by atoms with van der Waals surface area (Å²) in [5.74, 6) is 0. The van der Waals surface area contributed by atoms with Crippen LogP contribution in [0.15, 0.2) is 0 Å².